The average Bonchev–Trinajstić information content (AvgIpc) is 2.07. The molecule has 1 amide bonds. The molecule has 0 radical (unpaired) electrons. The van der Waals surface area contributed by atoms with Crippen LogP contribution in [0.4, 0.5) is 13.2 Å². The Kier molecular flexibility index (Phi) is 6.10. The average molecular weight is 271 g/mol. The van der Waals surface area contributed by atoms with E-state index in [2.05, 4.69) is 10.1 Å². The summed E-state index contributed by atoms with van der Waals surface area (Å²) >= 11 is 0. The SMILES string of the molecule is CC(C)(CC(=O)O)NC(=O)CCOCC(F)(F)F. The predicted octanol–water partition coefficient (Wildman–Crippen LogP) is 1.32. The van der Waals surface area contributed by atoms with Crippen LogP contribution in [0, 0.1) is 0 Å². The van der Waals surface area contributed by atoms with Crippen LogP contribution in [0.1, 0.15) is 26.7 Å². The van der Waals surface area contributed by atoms with Gasteiger partial charge in [-0.1, -0.05) is 0 Å². The molecule has 0 fully saturated rings. The predicted molar refractivity (Wildman–Crippen MR) is 56.0 cm³/mol. The Labute approximate surface area is 102 Å². The first-order valence-electron chi connectivity index (χ1n) is 5.19. The van der Waals surface area contributed by atoms with E-state index in [1.54, 1.807) is 0 Å². The quantitative estimate of drug-likeness (QED) is 0.685. The summed E-state index contributed by atoms with van der Waals surface area (Å²) in [7, 11) is 0. The lowest BCUT2D eigenvalue weighted by Crippen LogP contribution is -2.45. The molecule has 0 aromatic carbocycles. The fourth-order valence-electron chi connectivity index (χ4n) is 1.21. The minimum atomic E-state index is -4.42. The van der Waals surface area contributed by atoms with Gasteiger partial charge in [-0.15, -0.1) is 0 Å². The van der Waals surface area contributed by atoms with Crippen molar-refractivity contribution < 1.29 is 32.6 Å². The molecule has 0 atom stereocenters. The van der Waals surface area contributed by atoms with Crippen molar-refractivity contribution in [2.75, 3.05) is 13.2 Å². The summed E-state index contributed by atoms with van der Waals surface area (Å²) in [5, 5.41) is 11.0. The molecule has 8 heteroatoms. The van der Waals surface area contributed by atoms with Gasteiger partial charge in [0.2, 0.25) is 5.91 Å². The van der Waals surface area contributed by atoms with E-state index in [0.717, 1.165) is 0 Å². The van der Waals surface area contributed by atoms with E-state index in [-0.39, 0.29) is 19.4 Å². The Balaban J connectivity index is 3.87. The second kappa shape index (κ2) is 6.58. The van der Waals surface area contributed by atoms with Gasteiger partial charge in [-0.25, -0.2) is 0 Å². The molecule has 0 bridgehead atoms. The van der Waals surface area contributed by atoms with Gasteiger partial charge in [-0.3, -0.25) is 9.59 Å². The molecule has 0 heterocycles. The Bertz CT molecular complexity index is 302. The summed E-state index contributed by atoms with van der Waals surface area (Å²) in [5.41, 5.74) is -0.951. The van der Waals surface area contributed by atoms with E-state index in [1.165, 1.54) is 13.8 Å². The van der Waals surface area contributed by atoms with E-state index in [9.17, 15) is 22.8 Å². The van der Waals surface area contributed by atoms with Gasteiger partial charge in [0.05, 0.1) is 13.0 Å². The summed E-state index contributed by atoms with van der Waals surface area (Å²) in [6, 6.07) is 0. The van der Waals surface area contributed by atoms with E-state index in [1.807, 2.05) is 0 Å². The van der Waals surface area contributed by atoms with Crippen molar-refractivity contribution in [3.8, 4) is 0 Å². The van der Waals surface area contributed by atoms with E-state index in [4.69, 9.17) is 5.11 Å². The molecule has 0 aliphatic carbocycles. The van der Waals surface area contributed by atoms with Gasteiger partial charge in [0, 0.05) is 12.0 Å². The van der Waals surface area contributed by atoms with Crippen molar-refractivity contribution in [1.29, 1.82) is 0 Å². The van der Waals surface area contributed by atoms with Crippen molar-refractivity contribution in [3.63, 3.8) is 0 Å². The standard InChI is InChI=1S/C10H16F3NO4/c1-9(2,5-8(16)17)14-7(15)3-4-18-6-10(11,12)13/h3-6H2,1-2H3,(H,14,15)(H,16,17). The number of ether oxygens (including phenoxy) is 1. The number of rotatable bonds is 7. The number of carbonyl (C=O) groups excluding carboxylic acids is 1. The summed E-state index contributed by atoms with van der Waals surface area (Å²) in [6.45, 7) is 1.25. The molecule has 0 aliphatic heterocycles. The monoisotopic (exact) mass is 271 g/mol. The number of carboxylic acids is 1. The lowest BCUT2D eigenvalue weighted by atomic mass is 10.0. The number of hydrogen-bond donors (Lipinski definition) is 2. The highest BCUT2D eigenvalue weighted by atomic mass is 19.4. The molecule has 2 N–H and O–H groups in total. The molecule has 0 spiro atoms. The summed E-state index contributed by atoms with van der Waals surface area (Å²) in [4.78, 5) is 21.8. The first-order valence-corrected chi connectivity index (χ1v) is 5.19. The third-order valence-electron chi connectivity index (χ3n) is 1.81. The highest BCUT2D eigenvalue weighted by Gasteiger charge is 2.28. The van der Waals surface area contributed by atoms with Crippen molar-refractivity contribution >= 4 is 11.9 Å². The molecule has 0 unspecified atom stereocenters. The van der Waals surface area contributed by atoms with E-state index >= 15 is 0 Å². The summed E-state index contributed by atoms with van der Waals surface area (Å²) < 4.78 is 39.4. The zero-order valence-corrected chi connectivity index (χ0v) is 10.1. The lowest BCUT2D eigenvalue weighted by molar-refractivity contribution is -0.174. The maximum atomic E-state index is 11.7. The van der Waals surface area contributed by atoms with Crippen LogP contribution in [0.25, 0.3) is 0 Å². The van der Waals surface area contributed by atoms with E-state index < -0.39 is 30.2 Å². The number of alkyl halides is 3. The highest BCUT2D eigenvalue weighted by molar-refractivity contribution is 5.78. The van der Waals surface area contributed by atoms with Crippen LogP contribution in [-0.2, 0) is 14.3 Å². The molecule has 18 heavy (non-hydrogen) atoms. The van der Waals surface area contributed by atoms with Crippen LogP contribution < -0.4 is 5.32 Å². The Hall–Kier alpha value is -1.31. The zero-order valence-electron chi connectivity index (χ0n) is 10.1. The lowest BCUT2D eigenvalue weighted by Gasteiger charge is -2.24. The highest BCUT2D eigenvalue weighted by Crippen LogP contribution is 2.14. The molecule has 0 saturated carbocycles. The van der Waals surface area contributed by atoms with Gasteiger partial charge in [0.25, 0.3) is 0 Å². The number of nitrogens with one attached hydrogen (secondary N) is 1. The topological polar surface area (TPSA) is 75.6 Å². The minimum Gasteiger partial charge on any atom is -0.481 e. The second-order valence-corrected chi connectivity index (χ2v) is 4.42. The van der Waals surface area contributed by atoms with Crippen LogP contribution in [0.2, 0.25) is 0 Å². The van der Waals surface area contributed by atoms with Crippen molar-refractivity contribution in [1.82, 2.24) is 5.32 Å². The molecule has 106 valence electrons. The van der Waals surface area contributed by atoms with Gasteiger partial charge < -0.3 is 15.2 Å². The van der Waals surface area contributed by atoms with Crippen molar-refractivity contribution in [3.05, 3.63) is 0 Å². The molecule has 0 aliphatic rings. The number of carbonyl (C=O) groups is 2. The van der Waals surface area contributed by atoms with Crippen LogP contribution >= 0.6 is 0 Å². The van der Waals surface area contributed by atoms with Gasteiger partial charge in [0.1, 0.15) is 6.61 Å². The number of amides is 1. The Morgan fingerprint density at radius 3 is 2.28 bits per heavy atom. The molecular formula is C10H16F3NO4. The number of hydrogen-bond acceptors (Lipinski definition) is 3. The smallest absolute Gasteiger partial charge is 0.411 e. The fourth-order valence-corrected chi connectivity index (χ4v) is 1.21. The Morgan fingerprint density at radius 1 is 1.28 bits per heavy atom. The first kappa shape index (κ1) is 16.7. The number of carboxylic acid groups (broad SMARTS) is 1. The fraction of sp³-hybridized carbons (Fsp3) is 0.800. The molecule has 0 aromatic heterocycles. The Morgan fingerprint density at radius 2 is 1.83 bits per heavy atom. The molecule has 0 saturated heterocycles. The van der Waals surface area contributed by atoms with Crippen LogP contribution in [0.5, 0.6) is 0 Å². The largest absolute Gasteiger partial charge is 0.481 e. The molecule has 0 rings (SSSR count). The third kappa shape index (κ3) is 9.88. The van der Waals surface area contributed by atoms with Gasteiger partial charge >= 0.3 is 12.1 Å². The van der Waals surface area contributed by atoms with Crippen molar-refractivity contribution in [2.24, 2.45) is 0 Å². The molecular weight excluding hydrogens is 255 g/mol. The zero-order chi connectivity index (χ0) is 14.4. The summed E-state index contributed by atoms with van der Waals surface area (Å²) in [6.07, 6.45) is -4.94. The van der Waals surface area contributed by atoms with Crippen LogP contribution in [0.3, 0.4) is 0 Å². The van der Waals surface area contributed by atoms with E-state index in [0.29, 0.717) is 0 Å². The maximum absolute atomic E-state index is 11.7. The minimum absolute atomic E-state index is 0.251. The third-order valence-corrected chi connectivity index (χ3v) is 1.81. The number of halogens is 3. The molecule has 0 aromatic rings. The van der Waals surface area contributed by atoms with Crippen LogP contribution in [0.15, 0.2) is 0 Å². The van der Waals surface area contributed by atoms with Gasteiger partial charge in [0.15, 0.2) is 0 Å². The van der Waals surface area contributed by atoms with Crippen molar-refractivity contribution in [2.45, 2.75) is 38.4 Å². The normalized spacial score (nSPS) is 12.3. The number of aliphatic carboxylic acids is 1. The summed E-state index contributed by atoms with van der Waals surface area (Å²) in [5.74, 6) is -1.63. The van der Waals surface area contributed by atoms with Gasteiger partial charge in [-0.2, -0.15) is 13.2 Å². The maximum Gasteiger partial charge on any atom is 0.411 e. The van der Waals surface area contributed by atoms with Gasteiger partial charge in [-0.05, 0) is 13.8 Å². The van der Waals surface area contributed by atoms with Crippen LogP contribution in [-0.4, -0.2) is 41.9 Å². The first-order chi connectivity index (χ1) is 8.02. The molecule has 5 nitrogen and oxygen atoms in total. The second-order valence-electron chi connectivity index (χ2n) is 4.42.